The number of amides is 1. The van der Waals surface area contributed by atoms with Gasteiger partial charge in [-0.2, -0.15) is 0 Å². The molecular weight excluding hydrogens is 478 g/mol. The largest absolute Gasteiger partial charge is 0.364 e. The van der Waals surface area contributed by atoms with Crippen molar-refractivity contribution in [2.45, 2.75) is 58.7 Å². The minimum Gasteiger partial charge on any atom is -0.364 e. The number of carbonyl (C=O) groups excluding carboxylic acids is 2. The molecule has 1 N–H and O–H groups in total. The highest BCUT2D eigenvalue weighted by atomic mass is 19.1. The molecule has 2 fully saturated rings. The molecule has 10 heteroatoms. The van der Waals surface area contributed by atoms with Crippen LogP contribution in [0.15, 0.2) is 18.2 Å². The van der Waals surface area contributed by atoms with E-state index < -0.39 is 11.6 Å². The summed E-state index contributed by atoms with van der Waals surface area (Å²) in [6.45, 7) is 7.60. The third-order valence-corrected chi connectivity index (χ3v) is 7.67. The third-order valence-electron chi connectivity index (χ3n) is 7.67. The molecule has 3 heterocycles. The minimum absolute atomic E-state index is 0.0332. The van der Waals surface area contributed by atoms with E-state index in [1.807, 2.05) is 0 Å². The van der Waals surface area contributed by atoms with Gasteiger partial charge < -0.3 is 19.9 Å². The van der Waals surface area contributed by atoms with Gasteiger partial charge in [-0.3, -0.25) is 9.69 Å². The zero-order valence-electron chi connectivity index (χ0n) is 21.5. The van der Waals surface area contributed by atoms with E-state index in [1.165, 1.54) is 12.1 Å². The van der Waals surface area contributed by atoms with Gasteiger partial charge in [-0.25, -0.2) is 18.7 Å². The van der Waals surface area contributed by atoms with Gasteiger partial charge in [-0.05, 0) is 31.7 Å². The number of rotatable bonds is 7. The molecule has 3 aliphatic rings. The van der Waals surface area contributed by atoms with Gasteiger partial charge >= 0.3 is 0 Å². The molecule has 0 atom stereocenters. The molecular formula is C27H34F2N6O2. The summed E-state index contributed by atoms with van der Waals surface area (Å²) >= 11 is 0. The maximum absolute atomic E-state index is 14.1. The lowest BCUT2D eigenvalue weighted by Crippen LogP contribution is -2.47. The van der Waals surface area contributed by atoms with E-state index in [4.69, 9.17) is 9.97 Å². The first-order chi connectivity index (χ1) is 17.7. The summed E-state index contributed by atoms with van der Waals surface area (Å²) in [5.74, 6) is 1.13. The molecule has 5 rings (SSSR count). The Morgan fingerprint density at radius 1 is 1.03 bits per heavy atom. The first-order valence-corrected chi connectivity index (χ1v) is 13.1. The van der Waals surface area contributed by atoms with E-state index in [0.29, 0.717) is 57.0 Å². The molecule has 1 amide bonds. The van der Waals surface area contributed by atoms with E-state index in [-0.39, 0.29) is 17.7 Å². The number of aromatic nitrogens is 2. The zero-order chi connectivity index (χ0) is 26.1. The number of anilines is 2. The predicted molar refractivity (Wildman–Crippen MR) is 136 cm³/mol. The Hall–Kier alpha value is -3.14. The Bertz CT molecular complexity index is 1180. The fraction of sp³-hybridized carbons (Fsp3) is 0.556. The normalized spacial score (nSPS) is 21.8. The van der Waals surface area contributed by atoms with Crippen molar-refractivity contribution < 1.29 is 18.4 Å². The summed E-state index contributed by atoms with van der Waals surface area (Å²) in [5.41, 5.74) is 2.25. The average molecular weight is 513 g/mol. The predicted octanol–water partition coefficient (Wildman–Crippen LogP) is 3.15. The van der Waals surface area contributed by atoms with Gasteiger partial charge in [0.2, 0.25) is 5.91 Å². The van der Waals surface area contributed by atoms with Gasteiger partial charge in [0.05, 0.1) is 17.9 Å². The van der Waals surface area contributed by atoms with Crippen molar-refractivity contribution in [3.63, 3.8) is 0 Å². The van der Waals surface area contributed by atoms with E-state index >= 15 is 0 Å². The summed E-state index contributed by atoms with van der Waals surface area (Å²) in [7, 11) is 0. The van der Waals surface area contributed by atoms with Crippen LogP contribution < -0.4 is 10.2 Å². The maximum Gasteiger partial charge on any atom is 0.219 e. The molecule has 0 radical (unpaired) electrons. The number of fused-ring (bicyclic) bond motifs is 1. The Balaban J connectivity index is 1.30. The Labute approximate surface area is 216 Å². The van der Waals surface area contributed by atoms with Gasteiger partial charge in [-0.15, -0.1) is 0 Å². The molecule has 1 aromatic carbocycles. The van der Waals surface area contributed by atoms with Gasteiger partial charge in [-0.1, -0.05) is 6.07 Å². The Morgan fingerprint density at radius 2 is 1.78 bits per heavy atom. The number of hydrogen-bond acceptors (Lipinski definition) is 7. The number of halogens is 2. The number of nitrogens with zero attached hydrogens (tertiary/aromatic N) is 5. The molecule has 0 spiro atoms. The zero-order valence-corrected chi connectivity index (χ0v) is 21.5. The van der Waals surface area contributed by atoms with Crippen molar-refractivity contribution in [2.24, 2.45) is 5.92 Å². The molecule has 0 unspecified atom stereocenters. The number of piperazine rings is 1. The van der Waals surface area contributed by atoms with Crippen molar-refractivity contribution in [2.75, 3.05) is 42.9 Å². The summed E-state index contributed by atoms with van der Waals surface area (Å²) in [4.78, 5) is 39.6. The second-order valence-corrected chi connectivity index (χ2v) is 10.6. The molecule has 37 heavy (non-hydrogen) atoms. The molecule has 0 bridgehead atoms. The Kier molecular flexibility index (Phi) is 7.37. The topological polar surface area (TPSA) is 81.7 Å². The van der Waals surface area contributed by atoms with Crippen LogP contribution >= 0.6 is 0 Å². The van der Waals surface area contributed by atoms with Crippen LogP contribution in [0.1, 0.15) is 50.1 Å². The van der Waals surface area contributed by atoms with E-state index in [9.17, 15) is 18.4 Å². The smallest absolute Gasteiger partial charge is 0.219 e. The number of ketones is 1. The quantitative estimate of drug-likeness (QED) is 0.610. The van der Waals surface area contributed by atoms with E-state index in [2.05, 4.69) is 15.1 Å². The van der Waals surface area contributed by atoms with E-state index in [0.717, 1.165) is 55.0 Å². The highest BCUT2D eigenvalue weighted by molar-refractivity contribution is 5.76. The molecule has 1 aliphatic carbocycles. The summed E-state index contributed by atoms with van der Waals surface area (Å²) in [6.07, 6.45) is 3.14. The maximum atomic E-state index is 14.1. The van der Waals surface area contributed by atoms with Crippen LogP contribution in [0.2, 0.25) is 0 Å². The molecule has 2 aromatic rings. The van der Waals surface area contributed by atoms with Crippen LogP contribution in [0.4, 0.5) is 20.4 Å². The van der Waals surface area contributed by atoms with Crippen LogP contribution in [0.3, 0.4) is 0 Å². The fourth-order valence-electron chi connectivity index (χ4n) is 5.54. The van der Waals surface area contributed by atoms with Gasteiger partial charge in [0.15, 0.2) is 11.6 Å². The van der Waals surface area contributed by atoms with E-state index in [1.54, 1.807) is 18.7 Å². The summed E-state index contributed by atoms with van der Waals surface area (Å²) in [5, 5.41) is 3.58. The second-order valence-electron chi connectivity index (χ2n) is 10.6. The number of benzene rings is 1. The first kappa shape index (κ1) is 25.5. The van der Waals surface area contributed by atoms with Crippen LogP contribution in [0.25, 0.3) is 0 Å². The van der Waals surface area contributed by atoms with Crippen molar-refractivity contribution >= 4 is 23.3 Å². The lowest BCUT2D eigenvalue weighted by atomic mass is 9.77. The number of hydrogen-bond donors (Lipinski definition) is 1. The van der Waals surface area contributed by atoms with Crippen molar-refractivity contribution in [1.29, 1.82) is 0 Å². The second kappa shape index (κ2) is 10.7. The van der Waals surface area contributed by atoms with Crippen LogP contribution in [0.5, 0.6) is 0 Å². The lowest BCUT2D eigenvalue weighted by Gasteiger charge is -2.39. The average Bonchev–Trinajstić information content (AvgIpc) is 2.84. The first-order valence-electron chi connectivity index (χ1n) is 13.1. The molecule has 198 valence electrons. The number of Topliss-reactive ketones (excluding diaryl/α,β-unsaturated/α-hetero) is 1. The van der Waals surface area contributed by atoms with Crippen molar-refractivity contribution in [1.82, 2.24) is 19.8 Å². The molecule has 8 nitrogen and oxygen atoms in total. The fourth-order valence-corrected chi connectivity index (χ4v) is 5.54. The van der Waals surface area contributed by atoms with Gasteiger partial charge in [0.1, 0.15) is 17.4 Å². The van der Waals surface area contributed by atoms with Crippen molar-refractivity contribution in [3.8, 4) is 0 Å². The third kappa shape index (κ3) is 5.89. The molecule has 1 aromatic heterocycles. The lowest BCUT2D eigenvalue weighted by molar-refractivity contribution is -0.129. The summed E-state index contributed by atoms with van der Waals surface area (Å²) < 4.78 is 27.4. The highest BCUT2D eigenvalue weighted by Gasteiger charge is 2.33. The van der Waals surface area contributed by atoms with Crippen LogP contribution in [-0.4, -0.2) is 70.2 Å². The monoisotopic (exact) mass is 512 g/mol. The number of nitrogens with one attached hydrogen (secondary N) is 1. The summed E-state index contributed by atoms with van der Waals surface area (Å²) in [6, 6.07) is 3.98. The van der Waals surface area contributed by atoms with Gasteiger partial charge in [0, 0.05) is 76.7 Å². The highest BCUT2D eigenvalue weighted by Crippen LogP contribution is 2.35. The molecule has 1 saturated carbocycles. The minimum atomic E-state index is -0.567. The van der Waals surface area contributed by atoms with Crippen LogP contribution in [-0.2, 0) is 29.1 Å². The Morgan fingerprint density at radius 3 is 2.46 bits per heavy atom. The van der Waals surface area contributed by atoms with Crippen LogP contribution in [0, 0.1) is 17.6 Å². The SMILES string of the molecule is CC(=O)C[C@H]1C[C@@H](Nc2nc3c(nc2N2CCN(Cc4ccc(F)cc4F)CC2)CCN(C(C)=O)C3)C1. The van der Waals surface area contributed by atoms with Gasteiger partial charge in [0.25, 0.3) is 0 Å². The molecule has 2 aliphatic heterocycles. The standard InChI is InChI=1S/C27H34F2N6O2/c1-17(36)11-19-12-22(13-19)30-26-27(32-24-5-6-35(18(2)37)16-25(24)31-26)34-9-7-33(8-10-34)15-20-3-4-21(28)14-23(20)29/h3-4,14,19,22H,5-13,15-16H2,1-2H3,(H,30,31)/t19-,22+. The van der Waals surface area contributed by atoms with Crippen molar-refractivity contribution in [3.05, 3.63) is 46.8 Å². The molecule has 1 saturated heterocycles. The number of carbonyl (C=O) groups is 2.